The van der Waals surface area contributed by atoms with Gasteiger partial charge in [-0.2, -0.15) is 0 Å². The van der Waals surface area contributed by atoms with Crippen LogP contribution >= 0.6 is 15.6 Å². The first-order valence-electron chi connectivity index (χ1n) is 42.4. The molecule has 0 aliphatic heterocycles. The summed E-state index contributed by atoms with van der Waals surface area (Å²) in [6.45, 7) is 11.9. The molecule has 600 valence electrons. The Kier molecular flexibility index (Phi) is 70.9. The van der Waals surface area contributed by atoms with E-state index in [0.717, 1.165) is 114 Å². The van der Waals surface area contributed by atoms with Gasteiger partial charge in [0, 0.05) is 25.7 Å². The average molecular weight is 1480 g/mol. The molecule has 3 unspecified atom stereocenters. The van der Waals surface area contributed by atoms with Crippen molar-refractivity contribution < 1.29 is 80.2 Å². The summed E-state index contributed by atoms with van der Waals surface area (Å²) >= 11 is 0. The summed E-state index contributed by atoms with van der Waals surface area (Å²) < 4.78 is 68.7. The highest BCUT2D eigenvalue weighted by Gasteiger charge is 2.30. The van der Waals surface area contributed by atoms with Gasteiger partial charge < -0.3 is 33.8 Å². The first-order chi connectivity index (χ1) is 48.8. The number of hydrogen-bond acceptors (Lipinski definition) is 15. The van der Waals surface area contributed by atoms with Crippen molar-refractivity contribution in [1.82, 2.24) is 0 Å². The topological polar surface area (TPSA) is 237 Å². The molecule has 0 aliphatic rings. The quantitative estimate of drug-likeness (QED) is 0.0222. The third kappa shape index (κ3) is 74.7. The molecule has 17 nitrogen and oxygen atoms in total. The average Bonchev–Trinajstić information content (AvgIpc) is 0.917. The van der Waals surface area contributed by atoms with E-state index in [2.05, 4.69) is 48.5 Å². The number of aliphatic hydroxyl groups excluding tert-OH is 1. The second-order valence-electron chi connectivity index (χ2n) is 30.7. The lowest BCUT2D eigenvalue weighted by Crippen LogP contribution is -2.30. The van der Waals surface area contributed by atoms with Crippen molar-refractivity contribution in [3.8, 4) is 0 Å². The standard InChI is InChI=1S/C82H160O17P2/c1-8-10-11-12-13-14-15-16-17-18-19-20-21-22-23-24-32-37-42-51-58-65-81(86)98-77(69-92-79(84)63-56-49-41-36-31-27-25-29-34-39-46-53-60-73(3)4)71-96-100(88,89)94-67-76(83)68-95-101(90,91)97-72-78(70-93-80(85)64-57-50-45-44-48-55-62-75(7)9-2)99-82(87)66-59-52-43-38-33-28-26-30-35-40-47-54-61-74(5)6/h73-78,83H,8-72H2,1-7H3,(H,88,89)(H,90,91)/t75?,76-,77-,78-/m1/s1. The van der Waals surface area contributed by atoms with Crippen LogP contribution in [0.4, 0.5) is 0 Å². The van der Waals surface area contributed by atoms with E-state index in [1.165, 1.54) is 231 Å². The number of hydrogen-bond donors (Lipinski definition) is 3. The minimum Gasteiger partial charge on any atom is -0.462 e. The fourth-order valence-electron chi connectivity index (χ4n) is 12.6. The van der Waals surface area contributed by atoms with Crippen molar-refractivity contribution in [3.05, 3.63) is 0 Å². The van der Waals surface area contributed by atoms with Crippen LogP contribution in [0.5, 0.6) is 0 Å². The lowest BCUT2D eigenvalue weighted by atomic mass is 10.00. The van der Waals surface area contributed by atoms with Crippen LogP contribution in [0.1, 0.15) is 427 Å². The Labute approximate surface area is 619 Å². The van der Waals surface area contributed by atoms with Gasteiger partial charge in [-0.25, -0.2) is 9.13 Å². The van der Waals surface area contributed by atoms with E-state index in [1.54, 1.807) is 0 Å². The monoisotopic (exact) mass is 1480 g/mol. The van der Waals surface area contributed by atoms with Gasteiger partial charge in [0.25, 0.3) is 0 Å². The molecule has 101 heavy (non-hydrogen) atoms. The number of carbonyl (C=O) groups is 4. The summed E-state index contributed by atoms with van der Waals surface area (Å²) in [5, 5.41) is 10.6. The summed E-state index contributed by atoms with van der Waals surface area (Å²) in [7, 11) is -9.92. The predicted molar refractivity (Wildman–Crippen MR) is 414 cm³/mol. The number of phosphoric ester groups is 2. The molecule has 6 atom stereocenters. The summed E-state index contributed by atoms with van der Waals surface area (Å²) in [5.74, 6) is 0.177. The zero-order valence-corrected chi connectivity index (χ0v) is 68.2. The van der Waals surface area contributed by atoms with Gasteiger partial charge in [0.05, 0.1) is 26.4 Å². The molecule has 0 fully saturated rings. The highest BCUT2D eigenvalue weighted by molar-refractivity contribution is 7.47. The van der Waals surface area contributed by atoms with Crippen molar-refractivity contribution in [3.63, 3.8) is 0 Å². The van der Waals surface area contributed by atoms with E-state index in [9.17, 15) is 43.2 Å². The molecule has 0 saturated carbocycles. The first-order valence-corrected chi connectivity index (χ1v) is 45.4. The molecule has 19 heteroatoms. The van der Waals surface area contributed by atoms with Gasteiger partial charge in [0.1, 0.15) is 19.3 Å². The molecule has 0 radical (unpaired) electrons. The highest BCUT2D eigenvalue weighted by atomic mass is 31.2. The van der Waals surface area contributed by atoms with Crippen LogP contribution in [0.3, 0.4) is 0 Å². The molecule has 3 N–H and O–H groups in total. The summed E-state index contributed by atoms with van der Waals surface area (Å²) in [4.78, 5) is 73.1. The fourth-order valence-corrected chi connectivity index (χ4v) is 14.2. The second kappa shape index (κ2) is 72.3. The Hall–Kier alpha value is -1.94. The normalized spacial score (nSPS) is 14.2. The summed E-state index contributed by atoms with van der Waals surface area (Å²) in [6, 6.07) is 0. The number of carbonyl (C=O) groups excluding carboxylic acids is 4. The van der Waals surface area contributed by atoms with E-state index in [0.29, 0.717) is 25.7 Å². The van der Waals surface area contributed by atoms with Gasteiger partial charge in [-0.05, 0) is 43.4 Å². The molecule has 0 rings (SSSR count). The molecular weight excluding hydrogens is 1320 g/mol. The zero-order chi connectivity index (χ0) is 74.4. The summed E-state index contributed by atoms with van der Waals surface area (Å²) in [5.41, 5.74) is 0. The van der Waals surface area contributed by atoms with Crippen LogP contribution in [-0.2, 0) is 65.4 Å². The summed E-state index contributed by atoms with van der Waals surface area (Å²) in [6.07, 6.45) is 61.2. The molecule has 0 aromatic heterocycles. The van der Waals surface area contributed by atoms with E-state index >= 15 is 0 Å². The largest absolute Gasteiger partial charge is 0.472 e. The van der Waals surface area contributed by atoms with Crippen molar-refractivity contribution in [2.45, 2.75) is 446 Å². The Morgan fingerprint density at radius 2 is 0.505 bits per heavy atom. The minimum atomic E-state index is -4.96. The third-order valence-electron chi connectivity index (χ3n) is 19.5. The Morgan fingerprint density at radius 1 is 0.287 bits per heavy atom. The minimum absolute atomic E-state index is 0.106. The van der Waals surface area contributed by atoms with Crippen molar-refractivity contribution in [1.29, 1.82) is 0 Å². The smallest absolute Gasteiger partial charge is 0.462 e. The molecule has 0 aliphatic carbocycles. The van der Waals surface area contributed by atoms with Gasteiger partial charge in [0.2, 0.25) is 0 Å². The lowest BCUT2D eigenvalue weighted by molar-refractivity contribution is -0.161. The maximum absolute atomic E-state index is 13.1. The lowest BCUT2D eigenvalue weighted by Gasteiger charge is -2.21. The molecule has 0 saturated heterocycles. The first kappa shape index (κ1) is 99.1. The maximum atomic E-state index is 13.1. The van der Waals surface area contributed by atoms with Crippen LogP contribution in [0.2, 0.25) is 0 Å². The second-order valence-corrected chi connectivity index (χ2v) is 33.6. The highest BCUT2D eigenvalue weighted by Crippen LogP contribution is 2.45. The van der Waals surface area contributed by atoms with Crippen LogP contribution in [0.15, 0.2) is 0 Å². The van der Waals surface area contributed by atoms with Gasteiger partial charge in [-0.1, -0.05) is 376 Å². The van der Waals surface area contributed by atoms with Crippen LogP contribution < -0.4 is 0 Å². The zero-order valence-electron chi connectivity index (χ0n) is 66.4. The number of esters is 4. The molecular formula is C82H160O17P2. The molecule has 0 amide bonds. The van der Waals surface area contributed by atoms with E-state index < -0.39 is 97.5 Å². The maximum Gasteiger partial charge on any atom is 0.472 e. The number of phosphoric acid groups is 2. The molecule has 0 heterocycles. The molecule has 0 bridgehead atoms. The van der Waals surface area contributed by atoms with Gasteiger partial charge in [0.15, 0.2) is 12.2 Å². The van der Waals surface area contributed by atoms with Crippen LogP contribution in [-0.4, -0.2) is 96.7 Å². The number of unbranched alkanes of at least 4 members (excludes halogenated alkanes) is 47. The molecule has 0 aromatic rings. The SMILES string of the molecule is CCCCCCCCCCCCCCCCCCCCCCCC(=O)O[C@H](COC(=O)CCCCCCCCCCCCCCC(C)C)COP(=O)(O)OC[C@@H](O)COP(=O)(O)OC[C@@H](COC(=O)CCCCCCCCC(C)CC)OC(=O)CCCCCCCCCCCCCCC(C)C. The van der Waals surface area contributed by atoms with Crippen molar-refractivity contribution >= 4 is 39.5 Å². The van der Waals surface area contributed by atoms with Gasteiger partial charge in [-0.15, -0.1) is 0 Å². The van der Waals surface area contributed by atoms with Gasteiger partial charge in [-0.3, -0.25) is 37.3 Å². The molecule has 0 aromatic carbocycles. The van der Waals surface area contributed by atoms with E-state index in [4.69, 9.17) is 37.0 Å². The van der Waals surface area contributed by atoms with E-state index in [-0.39, 0.29) is 25.7 Å². The number of ether oxygens (including phenoxy) is 4. The van der Waals surface area contributed by atoms with Crippen molar-refractivity contribution in [2.24, 2.45) is 17.8 Å². The van der Waals surface area contributed by atoms with Crippen molar-refractivity contribution in [2.75, 3.05) is 39.6 Å². The Balaban J connectivity index is 5.23. The number of aliphatic hydroxyl groups is 1. The van der Waals surface area contributed by atoms with E-state index in [1.807, 2.05) is 0 Å². The number of rotatable bonds is 80. The van der Waals surface area contributed by atoms with Gasteiger partial charge >= 0.3 is 39.5 Å². The predicted octanol–water partition coefficient (Wildman–Crippen LogP) is 24.5. The third-order valence-corrected chi connectivity index (χ3v) is 21.4. The van der Waals surface area contributed by atoms with Crippen LogP contribution in [0.25, 0.3) is 0 Å². The van der Waals surface area contributed by atoms with Crippen LogP contribution in [0, 0.1) is 17.8 Å². The fraction of sp³-hybridized carbons (Fsp3) is 0.951. The Morgan fingerprint density at radius 3 is 0.752 bits per heavy atom. The Bertz CT molecular complexity index is 1960. The molecule has 0 spiro atoms.